The van der Waals surface area contributed by atoms with Crippen molar-refractivity contribution >= 4 is 40.3 Å². The number of aromatic hydroxyl groups is 1. The number of benzene rings is 2. The van der Waals surface area contributed by atoms with Crippen LogP contribution in [0, 0.1) is 0 Å². The third-order valence-corrected chi connectivity index (χ3v) is 6.57. The zero-order valence-electron chi connectivity index (χ0n) is 18.8. The zero-order chi connectivity index (χ0) is 23.8. The summed E-state index contributed by atoms with van der Waals surface area (Å²) in [4.78, 5) is 8.60. The van der Waals surface area contributed by atoms with Crippen molar-refractivity contribution in [3.63, 3.8) is 0 Å². The van der Waals surface area contributed by atoms with Crippen LogP contribution in [0.4, 0.5) is 11.4 Å². The monoisotopic (exact) mass is 489 g/mol. The molecule has 1 fully saturated rings. The van der Waals surface area contributed by atoms with Crippen LogP contribution in [-0.2, 0) is 0 Å². The first kappa shape index (κ1) is 22.3. The van der Waals surface area contributed by atoms with Gasteiger partial charge in [0.25, 0.3) is 0 Å². The van der Waals surface area contributed by atoms with Crippen molar-refractivity contribution in [2.75, 3.05) is 23.9 Å². The number of hydrogen-bond acceptors (Lipinski definition) is 4. The molecule has 5 rings (SSSR count). The molecular formula is C26H24ClN5OS. The van der Waals surface area contributed by atoms with E-state index in [0.717, 1.165) is 22.8 Å². The topological polar surface area (TPSA) is 56.6 Å². The fraction of sp³-hybridized carbons (Fsp3) is 0.154. The van der Waals surface area contributed by atoms with Gasteiger partial charge in [0.2, 0.25) is 0 Å². The molecule has 172 valence electrons. The fourth-order valence-electron chi connectivity index (χ4n) is 4.39. The summed E-state index contributed by atoms with van der Waals surface area (Å²) in [5.41, 5.74) is 4.55. The highest BCUT2D eigenvalue weighted by atomic mass is 35.5. The van der Waals surface area contributed by atoms with Crippen LogP contribution in [0.5, 0.6) is 5.75 Å². The van der Waals surface area contributed by atoms with Crippen LogP contribution in [-0.4, -0.2) is 33.9 Å². The Morgan fingerprint density at radius 1 is 1.03 bits per heavy atom. The van der Waals surface area contributed by atoms with E-state index >= 15 is 0 Å². The van der Waals surface area contributed by atoms with E-state index in [9.17, 15) is 5.11 Å². The van der Waals surface area contributed by atoms with Gasteiger partial charge in [-0.1, -0.05) is 17.7 Å². The van der Waals surface area contributed by atoms with Gasteiger partial charge in [0.05, 0.1) is 17.4 Å². The third-order valence-electron chi connectivity index (χ3n) is 6.02. The fourth-order valence-corrected chi connectivity index (χ4v) is 4.89. The van der Waals surface area contributed by atoms with Crippen molar-refractivity contribution in [3.8, 4) is 11.4 Å². The lowest BCUT2D eigenvalue weighted by molar-refractivity contribution is 0.472. The second-order valence-corrected chi connectivity index (χ2v) is 9.17. The van der Waals surface area contributed by atoms with Crippen LogP contribution in [0.15, 0.2) is 85.2 Å². The van der Waals surface area contributed by atoms with Gasteiger partial charge < -0.3 is 24.8 Å². The highest BCUT2D eigenvalue weighted by molar-refractivity contribution is 7.80. The van der Waals surface area contributed by atoms with Gasteiger partial charge in [-0.15, -0.1) is 0 Å². The van der Waals surface area contributed by atoms with Crippen molar-refractivity contribution in [3.05, 3.63) is 102 Å². The molecule has 4 aromatic rings. The largest absolute Gasteiger partial charge is 0.506 e. The number of pyridine rings is 1. The number of aromatic nitrogens is 2. The molecule has 6 nitrogen and oxygen atoms in total. The lowest BCUT2D eigenvalue weighted by Crippen LogP contribution is -2.30. The first-order valence-corrected chi connectivity index (χ1v) is 11.7. The maximum atomic E-state index is 10.7. The average Bonchev–Trinajstić information content (AvgIpc) is 3.45. The Bertz CT molecular complexity index is 1320. The maximum Gasteiger partial charge on any atom is 0.174 e. The van der Waals surface area contributed by atoms with Crippen molar-refractivity contribution in [2.24, 2.45) is 0 Å². The zero-order valence-corrected chi connectivity index (χ0v) is 20.3. The summed E-state index contributed by atoms with van der Waals surface area (Å²) in [5, 5.41) is 15.2. The molecule has 3 heterocycles. The molecule has 1 saturated heterocycles. The number of nitrogens with one attached hydrogen (secondary N) is 1. The molecule has 2 aromatic heterocycles. The number of anilines is 2. The number of hydrogen-bond donors (Lipinski definition) is 2. The van der Waals surface area contributed by atoms with Gasteiger partial charge in [-0.25, -0.2) is 0 Å². The van der Waals surface area contributed by atoms with Crippen LogP contribution in [0.1, 0.15) is 23.5 Å². The quantitative estimate of drug-likeness (QED) is 0.362. The van der Waals surface area contributed by atoms with Gasteiger partial charge >= 0.3 is 0 Å². The highest BCUT2D eigenvalue weighted by Gasteiger charge is 2.43. The summed E-state index contributed by atoms with van der Waals surface area (Å²) in [5.74, 6) is 0.105. The van der Waals surface area contributed by atoms with E-state index in [4.69, 9.17) is 23.8 Å². The number of nitrogens with zero attached hydrogens (tertiary/aromatic N) is 4. The molecule has 2 unspecified atom stereocenters. The van der Waals surface area contributed by atoms with Crippen LogP contribution in [0.25, 0.3) is 5.69 Å². The number of rotatable bonds is 5. The Hall–Kier alpha value is -3.55. The van der Waals surface area contributed by atoms with Crippen LogP contribution >= 0.6 is 23.8 Å². The minimum Gasteiger partial charge on any atom is -0.506 e. The standard InChI is InChI=1S/C26H24ClN5OS/c1-30(2)18-9-11-19(12-10-18)31-15-5-7-21(31)25-24(20-6-3-4-14-28-20)29-26(34)32(25)22-16-17(27)8-13-23(22)33/h3-16,24-25,33H,1-2H3,(H,29,34). The summed E-state index contributed by atoms with van der Waals surface area (Å²) in [6, 6.07) is 22.8. The molecule has 34 heavy (non-hydrogen) atoms. The minimum absolute atomic E-state index is 0.105. The smallest absolute Gasteiger partial charge is 0.174 e. The summed E-state index contributed by atoms with van der Waals surface area (Å²) in [6.07, 6.45) is 3.81. The van der Waals surface area contributed by atoms with E-state index in [0.29, 0.717) is 15.8 Å². The van der Waals surface area contributed by atoms with Gasteiger partial charge in [-0.05, 0) is 78.9 Å². The Morgan fingerprint density at radius 3 is 2.53 bits per heavy atom. The molecule has 0 saturated carbocycles. The Morgan fingerprint density at radius 2 is 1.82 bits per heavy atom. The summed E-state index contributed by atoms with van der Waals surface area (Å²) >= 11 is 12.1. The number of phenolic OH excluding ortho intramolecular Hbond substituents is 1. The van der Waals surface area contributed by atoms with Crippen molar-refractivity contribution in [2.45, 2.75) is 12.1 Å². The molecular weight excluding hydrogens is 466 g/mol. The molecule has 2 atom stereocenters. The van der Waals surface area contributed by atoms with Crippen LogP contribution in [0.3, 0.4) is 0 Å². The van der Waals surface area contributed by atoms with Gasteiger partial charge in [0.1, 0.15) is 11.8 Å². The summed E-state index contributed by atoms with van der Waals surface area (Å²) in [6.45, 7) is 0. The van der Waals surface area contributed by atoms with Crippen LogP contribution in [0.2, 0.25) is 5.02 Å². The molecule has 0 spiro atoms. The molecule has 0 aliphatic carbocycles. The Kier molecular flexibility index (Phi) is 5.89. The van der Waals surface area contributed by atoms with Gasteiger partial charge in [0.15, 0.2) is 5.11 Å². The lowest BCUT2D eigenvalue weighted by atomic mass is 10.0. The number of phenols is 1. The molecule has 1 aliphatic heterocycles. The molecule has 1 aliphatic rings. The SMILES string of the molecule is CN(C)c1ccc(-n2cccc2C2C(c3ccccn3)NC(=S)N2c2cc(Cl)ccc2O)cc1. The van der Waals surface area contributed by atoms with E-state index < -0.39 is 0 Å². The first-order valence-electron chi connectivity index (χ1n) is 10.9. The highest BCUT2D eigenvalue weighted by Crippen LogP contribution is 2.45. The van der Waals surface area contributed by atoms with E-state index in [2.05, 4.69) is 50.1 Å². The molecule has 0 amide bonds. The van der Waals surface area contributed by atoms with E-state index in [1.807, 2.05) is 49.5 Å². The van der Waals surface area contributed by atoms with Gasteiger partial charge in [-0.2, -0.15) is 0 Å². The molecule has 8 heteroatoms. The number of halogens is 1. The summed E-state index contributed by atoms with van der Waals surface area (Å²) in [7, 11) is 4.04. The van der Waals surface area contributed by atoms with E-state index in [-0.39, 0.29) is 17.8 Å². The maximum absolute atomic E-state index is 10.7. The van der Waals surface area contributed by atoms with Gasteiger partial charge in [0, 0.05) is 48.6 Å². The predicted octanol–water partition coefficient (Wildman–Crippen LogP) is 5.47. The second kappa shape index (κ2) is 9.00. The molecule has 0 radical (unpaired) electrons. The third kappa shape index (κ3) is 3.97. The average molecular weight is 490 g/mol. The lowest BCUT2D eigenvalue weighted by Gasteiger charge is -2.29. The minimum atomic E-state index is -0.282. The first-order chi connectivity index (χ1) is 16.4. The Labute approximate surface area is 209 Å². The van der Waals surface area contributed by atoms with E-state index in [1.54, 1.807) is 24.4 Å². The molecule has 2 aromatic carbocycles. The molecule has 2 N–H and O–H groups in total. The van der Waals surface area contributed by atoms with Gasteiger partial charge in [-0.3, -0.25) is 4.98 Å². The second-order valence-electron chi connectivity index (χ2n) is 8.34. The van der Waals surface area contributed by atoms with Crippen molar-refractivity contribution in [1.82, 2.24) is 14.9 Å². The summed E-state index contributed by atoms with van der Waals surface area (Å²) < 4.78 is 2.14. The van der Waals surface area contributed by atoms with E-state index in [1.165, 1.54) is 0 Å². The number of thiocarbonyl (C=S) groups is 1. The van der Waals surface area contributed by atoms with Crippen molar-refractivity contribution < 1.29 is 5.11 Å². The normalized spacial score (nSPS) is 17.6. The van der Waals surface area contributed by atoms with Crippen molar-refractivity contribution in [1.29, 1.82) is 0 Å². The predicted molar refractivity (Wildman–Crippen MR) is 141 cm³/mol. The Balaban J connectivity index is 1.66. The van der Waals surface area contributed by atoms with Crippen LogP contribution < -0.4 is 15.1 Å². The molecule has 0 bridgehead atoms.